The molecule has 6 heteroatoms. The second kappa shape index (κ2) is 8.04. The fourth-order valence-electron chi connectivity index (χ4n) is 3.39. The van der Waals surface area contributed by atoms with Crippen LogP contribution in [0.2, 0.25) is 0 Å². The summed E-state index contributed by atoms with van der Waals surface area (Å²) in [6.45, 7) is 2.77. The monoisotopic (exact) mass is 331 g/mol. The van der Waals surface area contributed by atoms with E-state index >= 15 is 0 Å². The van der Waals surface area contributed by atoms with Crippen LogP contribution in [0.5, 0.6) is 0 Å². The number of carbonyl (C=O) groups excluding carboxylic acids is 2. The number of piperazine rings is 1. The third-order valence-electron chi connectivity index (χ3n) is 4.87. The van der Waals surface area contributed by atoms with Crippen molar-refractivity contribution in [3.63, 3.8) is 0 Å². The summed E-state index contributed by atoms with van der Waals surface area (Å²) in [6.07, 6.45) is 5.04. The van der Waals surface area contributed by atoms with Gasteiger partial charge in [0.15, 0.2) is 0 Å². The fraction of sp³-hybridized carbons (Fsp3) is 0.556. The number of carbonyl (C=O) groups is 2. The number of amides is 2. The number of hydroxylamine groups is 1. The molecule has 0 radical (unpaired) electrons. The Hall–Kier alpha value is -2.24. The van der Waals surface area contributed by atoms with Crippen LogP contribution < -0.4 is 10.4 Å². The highest BCUT2D eigenvalue weighted by Crippen LogP contribution is 2.24. The highest BCUT2D eigenvalue weighted by molar-refractivity contribution is 5.78. The summed E-state index contributed by atoms with van der Waals surface area (Å²) >= 11 is 0. The summed E-state index contributed by atoms with van der Waals surface area (Å²) in [6, 6.07) is 9.84. The van der Waals surface area contributed by atoms with Crippen LogP contribution in [0.1, 0.15) is 32.1 Å². The Kier molecular flexibility index (Phi) is 5.56. The largest absolute Gasteiger partial charge is 0.368 e. The zero-order valence-corrected chi connectivity index (χ0v) is 13.9. The van der Waals surface area contributed by atoms with Crippen LogP contribution >= 0.6 is 0 Å². The lowest BCUT2D eigenvalue weighted by Crippen LogP contribution is -2.52. The minimum atomic E-state index is -0.327. The summed E-state index contributed by atoms with van der Waals surface area (Å²) in [7, 11) is 0. The standard InChI is InChI=1S/C18H25N3O3/c22-17(15-7-3-1-4-8-15)24-19-18(23)21-13-11-20(12-14-21)16-9-5-2-6-10-16/h2,5-6,9-10,15H,1,3-4,7-8,11-14H2,(H,19,23). The van der Waals surface area contributed by atoms with Crippen molar-refractivity contribution in [1.82, 2.24) is 10.4 Å². The molecule has 130 valence electrons. The first-order valence-electron chi connectivity index (χ1n) is 8.79. The minimum absolute atomic E-state index is 0.0611. The van der Waals surface area contributed by atoms with E-state index in [9.17, 15) is 9.59 Å². The molecule has 1 aliphatic carbocycles. The van der Waals surface area contributed by atoms with Crippen molar-refractivity contribution in [2.45, 2.75) is 32.1 Å². The molecule has 1 aromatic rings. The number of urea groups is 1. The molecule has 2 amide bonds. The third-order valence-corrected chi connectivity index (χ3v) is 4.87. The van der Waals surface area contributed by atoms with E-state index in [2.05, 4.69) is 22.5 Å². The van der Waals surface area contributed by atoms with Crippen molar-refractivity contribution < 1.29 is 14.4 Å². The van der Waals surface area contributed by atoms with Crippen molar-refractivity contribution in [2.24, 2.45) is 5.92 Å². The van der Waals surface area contributed by atoms with Crippen LogP contribution in [-0.4, -0.2) is 43.1 Å². The minimum Gasteiger partial charge on any atom is -0.368 e. The van der Waals surface area contributed by atoms with Crippen molar-refractivity contribution >= 4 is 17.7 Å². The number of anilines is 1. The number of nitrogens with one attached hydrogen (secondary N) is 1. The molecule has 2 fully saturated rings. The molecule has 3 rings (SSSR count). The quantitative estimate of drug-likeness (QED) is 0.846. The summed E-state index contributed by atoms with van der Waals surface area (Å²) in [5, 5.41) is 0. The third kappa shape index (κ3) is 4.19. The van der Waals surface area contributed by atoms with Crippen molar-refractivity contribution in [3.8, 4) is 0 Å². The SMILES string of the molecule is O=C(ONC(=O)N1CCN(c2ccccc2)CC1)C1CCCCC1. The number of rotatable bonds is 2. The molecule has 0 spiro atoms. The van der Waals surface area contributed by atoms with Crippen molar-refractivity contribution in [3.05, 3.63) is 30.3 Å². The maximum absolute atomic E-state index is 12.1. The van der Waals surface area contributed by atoms with Gasteiger partial charge in [-0.15, -0.1) is 0 Å². The molecule has 1 aliphatic heterocycles. The molecule has 1 saturated heterocycles. The molecular formula is C18H25N3O3. The molecule has 0 atom stereocenters. The van der Waals surface area contributed by atoms with Crippen LogP contribution in [0, 0.1) is 5.92 Å². The Morgan fingerprint density at radius 2 is 1.62 bits per heavy atom. The summed E-state index contributed by atoms with van der Waals surface area (Å²) in [5.74, 6) is -0.361. The molecule has 0 aromatic heterocycles. The number of nitrogens with zero attached hydrogens (tertiary/aromatic N) is 2. The maximum Gasteiger partial charge on any atom is 0.350 e. The van der Waals surface area contributed by atoms with Gasteiger partial charge in [-0.2, -0.15) is 5.48 Å². The zero-order valence-electron chi connectivity index (χ0n) is 13.9. The fourth-order valence-corrected chi connectivity index (χ4v) is 3.39. The van der Waals surface area contributed by atoms with Crippen LogP contribution in [0.15, 0.2) is 30.3 Å². The van der Waals surface area contributed by atoms with Crippen LogP contribution in [0.3, 0.4) is 0 Å². The van der Waals surface area contributed by atoms with Gasteiger partial charge in [0, 0.05) is 31.9 Å². The normalized spacial score (nSPS) is 19.0. The van der Waals surface area contributed by atoms with E-state index in [1.807, 2.05) is 18.2 Å². The van der Waals surface area contributed by atoms with E-state index < -0.39 is 0 Å². The van der Waals surface area contributed by atoms with Gasteiger partial charge < -0.3 is 14.6 Å². The van der Waals surface area contributed by atoms with Crippen LogP contribution in [0.25, 0.3) is 0 Å². The number of para-hydroxylation sites is 1. The predicted octanol–water partition coefficient (Wildman–Crippen LogP) is 2.56. The Labute approximate surface area is 142 Å². The molecular weight excluding hydrogens is 306 g/mol. The lowest BCUT2D eigenvalue weighted by Gasteiger charge is -2.35. The second-order valence-electron chi connectivity index (χ2n) is 6.47. The van der Waals surface area contributed by atoms with Gasteiger partial charge in [0.1, 0.15) is 0 Å². The Bertz CT molecular complexity index is 550. The molecule has 1 aromatic carbocycles. The Morgan fingerprint density at radius 3 is 2.29 bits per heavy atom. The molecule has 1 saturated carbocycles. The van der Waals surface area contributed by atoms with Gasteiger partial charge in [-0.3, -0.25) is 0 Å². The lowest BCUT2D eigenvalue weighted by molar-refractivity contribution is -0.155. The predicted molar refractivity (Wildman–Crippen MR) is 91.4 cm³/mol. The molecule has 2 aliphatic rings. The van der Waals surface area contributed by atoms with Gasteiger partial charge in [0.2, 0.25) is 0 Å². The first kappa shape index (κ1) is 16.6. The number of benzene rings is 1. The number of hydrogen-bond donors (Lipinski definition) is 1. The van der Waals surface area contributed by atoms with Crippen LogP contribution in [-0.2, 0) is 9.63 Å². The van der Waals surface area contributed by atoms with Gasteiger partial charge in [0.25, 0.3) is 0 Å². The van der Waals surface area contributed by atoms with E-state index in [0.717, 1.165) is 38.8 Å². The van der Waals surface area contributed by atoms with Crippen molar-refractivity contribution in [1.29, 1.82) is 0 Å². The van der Waals surface area contributed by atoms with E-state index in [1.165, 1.54) is 12.1 Å². The maximum atomic E-state index is 12.1. The van der Waals surface area contributed by atoms with Gasteiger partial charge in [-0.1, -0.05) is 37.5 Å². The van der Waals surface area contributed by atoms with E-state index in [1.54, 1.807) is 4.90 Å². The van der Waals surface area contributed by atoms with Crippen molar-refractivity contribution in [2.75, 3.05) is 31.1 Å². The zero-order chi connectivity index (χ0) is 16.8. The average molecular weight is 331 g/mol. The summed E-state index contributed by atoms with van der Waals surface area (Å²) in [4.78, 5) is 33.1. The average Bonchev–Trinajstić information content (AvgIpc) is 2.67. The lowest BCUT2D eigenvalue weighted by atomic mass is 9.89. The smallest absolute Gasteiger partial charge is 0.350 e. The van der Waals surface area contributed by atoms with Gasteiger partial charge in [0.05, 0.1) is 5.92 Å². The van der Waals surface area contributed by atoms with Gasteiger partial charge in [-0.05, 0) is 25.0 Å². The first-order chi connectivity index (χ1) is 11.7. The van der Waals surface area contributed by atoms with Gasteiger partial charge >= 0.3 is 12.0 Å². The molecule has 0 unspecified atom stereocenters. The molecule has 24 heavy (non-hydrogen) atoms. The second-order valence-corrected chi connectivity index (χ2v) is 6.47. The Morgan fingerprint density at radius 1 is 0.958 bits per heavy atom. The first-order valence-corrected chi connectivity index (χ1v) is 8.79. The molecule has 0 bridgehead atoms. The summed E-state index contributed by atoms with van der Waals surface area (Å²) in [5.41, 5.74) is 3.49. The van der Waals surface area contributed by atoms with E-state index in [4.69, 9.17) is 4.84 Å². The Balaban J connectivity index is 1.41. The van der Waals surface area contributed by atoms with Gasteiger partial charge in [-0.25, -0.2) is 9.59 Å². The summed E-state index contributed by atoms with van der Waals surface area (Å²) < 4.78 is 0. The molecule has 1 heterocycles. The topological polar surface area (TPSA) is 61.9 Å². The molecule has 1 N–H and O–H groups in total. The highest BCUT2D eigenvalue weighted by Gasteiger charge is 2.25. The van der Waals surface area contributed by atoms with Crippen LogP contribution in [0.4, 0.5) is 10.5 Å². The number of hydrogen-bond acceptors (Lipinski definition) is 4. The highest BCUT2D eigenvalue weighted by atomic mass is 16.7. The van der Waals surface area contributed by atoms with E-state index in [0.29, 0.717) is 13.1 Å². The van der Waals surface area contributed by atoms with E-state index in [-0.39, 0.29) is 17.9 Å². The molecule has 6 nitrogen and oxygen atoms in total.